The average molecular weight is 436 g/mol. The smallest absolute Gasteiger partial charge is 0.341 e. The van der Waals surface area contributed by atoms with Crippen LogP contribution in [0.15, 0.2) is 48.7 Å². The molecule has 0 saturated carbocycles. The summed E-state index contributed by atoms with van der Waals surface area (Å²) in [5.74, 6) is -1.48. The summed E-state index contributed by atoms with van der Waals surface area (Å²) in [6, 6.07) is 11.7. The minimum atomic E-state index is -0.548. The van der Waals surface area contributed by atoms with E-state index in [0.29, 0.717) is 34.4 Å². The number of esters is 3. The van der Waals surface area contributed by atoms with Gasteiger partial charge >= 0.3 is 17.9 Å². The molecule has 3 rings (SSSR count). The fourth-order valence-electron chi connectivity index (χ4n) is 3.11. The van der Waals surface area contributed by atoms with Crippen molar-refractivity contribution in [3.05, 3.63) is 65.4 Å². The molecule has 0 fully saturated rings. The normalized spacial score (nSPS) is 10.5. The number of methoxy groups -OCH3 is 1. The standard InChI is InChI=1S/C24H24N2O6/c1-4-13-32-22(27)15-9-11-16(12-10-15)26-21-17-7-6-8-18(23(28)30-3)20(17)25-14-19(21)24(29)31-5-2/h6-12,14H,4-5,13H2,1-3H3,(H,25,26). The maximum atomic E-state index is 12.6. The van der Waals surface area contributed by atoms with E-state index in [1.165, 1.54) is 13.3 Å². The Morgan fingerprint density at radius 1 is 0.906 bits per heavy atom. The molecule has 0 aliphatic rings. The number of nitrogens with one attached hydrogen (secondary N) is 1. The van der Waals surface area contributed by atoms with E-state index in [1.54, 1.807) is 49.4 Å². The van der Waals surface area contributed by atoms with Crippen molar-refractivity contribution < 1.29 is 28.6 Å². The quantitative estimate of drug-likeness (QED) is 0.406. The summed E-state index contributed by atoms with van der Waals surface area (Å²) in [4.78, 5) is 41.1. The van der Waals surface area contributed by atoms with Crippen LogP contribution in [0.3, 0.4) is 0 Å². The van der Waals surface area contributed by atoms with E-state index in [4.69, 9.17) is 14.2 Å². The van der Waals surface area contributed by atoms with Gasteiger partial charge in [0.15, 0.2) is 0 Å². The Labute approximate surface area is 185 Å². The molecule has 0 bridgehead atoms. The van der Waals surface area contributed by atoms with Gasteiger partial charge in [-0.2, -0.15) is 0 Å². The van der Waals surface area contributed by atoms with E-state index in [0.717, 1.165) is 6.42 Å². The lowest BCUT2D eigenvalue weighted by Gasteiger charge is -2.15. The predicted octanol–water partition coefficient (Wildman–Crippen LogP) is 4.51. The summed E-state index contributed by atoms with van der Waals surface area (Å²) in [5, 5.41) is 3.75. The van der Waals surface area contributed by atoms with Crippen molar-refractivity contribution in [1.29, 1.82) is 0 Å². The van der Waals surface area contributed by atoms with Crippen LogP contribution in [-0.2, 0) is 14.2 Å². The largest absolute Gasteiger partial charge is 0.465 e. The van der Waals surface area contributed by atoms with Crippen molar-refractivity contribution >= 4 is 40.2 Å². The second-order valence-corrected chi connectivity index (χ2v) is 6.80. The summed E-state index contributed by atoms with van der Waals surface area (Å²) >= 11 is 0. The number of ether oxygens (including phenoxy) is 3. The van der Waals surface area contributed by atoms with Crippen molar-refractivity contribution in [2.45, 2.75) is 20.3 Å². The van der Waals surface area contributed by atoms with E-state index < -0.39 is 17.9 Å². The van der Waals surface area contributed by atoms with Gasteiger partial charge in [0.05, 0.1) is 42.7 Å². The molecule has 0 saturated heterocycles. The molecule has 32 heavy (non-hydrogen) atoms. The molecule has 2 aromatic carbocycles. The van der Waals surface area contributed by atoms with Crippen molar-refractivity contribution in [1.82, 2.24) is 4.98 Å². The van der Waals surface area contributed by atoms with Gasteiger partial charge in [-0.05, 0) is 43.7 Å². The lowest BCUT2D eigenvalue weighted by molar-refractivity contribution is 0.0501. The topological polar surface area (TPSA) is 104 Å². The van der Waals surface area contributed by atoms with Crippen LogP contribution >= 0.6 is 0 Å². The maximum Gasteiger partial charge on any atom is 0.341 e. The number of aromatic nitrogens is 1. The minimum absolute atomic E-state index is 0.201. The molecule has 0 spiro atoms. The number of carbonyl (C=O) groups is 3. The van der Waals surface area contributed by atoms with Crippen molar-refractivity contribution in [2.24, 2.45) is 0 Å². The van der Waals surface area contributed by atoms with Gasteiger partial charge < -0.3 is 19.5 Å². The van der Waals surface area contributed by atoms with Gasteiger partial charge in [0.1, 0.15) is 5.56 Å². The molecule has 0 atom stereocenters. The third kappa shape index (κ3) is 4.85. The Balaban J connectivity index is 2.04. The Bertz CT molecular complexity index is 1140. The fraction of sp³-hybridized carbons (Fsp3) is 0.250. The summed E-state index contributed by atoms with van der Waals surface area (Å²) in [7, 11) is 1.29. The first-order chi connectivity index (χ1) is 15.5. The van der Waals surface area contributed by atoms with Crippen LogP contribution < -0.4 is 5.32 Å². The number of hydrogen-bond donors (Lipinski definition) is 1. The number of nitrogens with zero attached hydrogens (tertiary/aromatic N) is 1. The van der Waals surface area contributed by atoms with Crippen LogP contribution in [0, 0.1) is 0 Å². The van der Waals surface area contributed by atoms with Crippen LogP contribution in [0.2, 0.25) is 0 Å². The molecule has 3 aromatic rings. The molecule has 1 aromatic heterocycles. The number of anilines is 2. The first-order valence-electron chi connectivity index (χ1n) is 10.2. The molecule has 0 amide bonds. The third-order valence-corrected chi connectivity index (χ3v) is 4.63. The molecule has 1 N–H and O–H groups in total. The molecule has 8 nitrogen and oxygen atoms in total. The van der Waals surface area contributed by atoms with Crippen LogP contribution in [0.4, 0.5) is 11.4 Å². The Morgan fingerprint density at radius 2 is 1.66 bits per heavy atom. The molecule has 0 unspecified atom stereocenters. The van der Waals surface area contributed by atoms with E-state index in [1.807, 2.05) is 6.92 Å². The fourth-order valence-corrected chi connectivity index (χ4v) is 3.11. The number of benzene rings is 2. The number of rotatable bonds is 8. The maximum absolute atomic E-state index is 12.6. The highest BCUT2D eigenvalue weighted by atomic mass is 16.5. The van der Waals surface area contributed by atoms with Gasteiger partial charge in [-0.25, -0.2) is 14.4 Å². The van der Waals surface area contributed by atoms with Gasteiger partial charge in [-0.3, -0.25) is 4.98 Å². The van der Waals surface area contributed by atoms with Crippen molar-refractivity contribution in [3.63, 3.8) is 0 Å². The highest BCUT2D eigenvalue weighted by Crippen LogP contribution is 2.31. The highest BCUT2D eigenvalue weighted by molar-refractivity contribution is 6.11. The van der Waals surface area contributed by atoms with Crippen LogP contribution in [0.1, 0.15) is 51.3 Å². The van der Waals surface area contributed by atoms with E-state index >= 15 is 0 Å². The van der Waals surface area contributed by atoms with Gasteiger partial charge in [-0.15, -0.1) is 0 Å². The first kappa shape index (κ1) is 22.7. The summed E-state index contributed by atoms with van der Waals surface area (Å²) < 4.78 is 15.2. The van der Waals surface area contributed by atoms with Gasteiger partial charge in [0.2, 0.25) is 0 Å². The number of fused-ring (bicyclic) bond motifs is 1. The SMILES string of the molecule is CCCOC(=O)c1ccc(Nc2c(C(=O)OCC)cnc3c(C(=O)OC)cccc23)cc1. The number of para-hydroxylation sites is 1. The van der Waals surface area contributed by atoms with Crippen molar-refractivity contribution in [3.8, 4) is 0 Å². The van der Waals surface area contributed by atoms with Gasteiger partial charge in [0.25, 0.3) is 0 Å². The minimum Gasteiger partial charge on any atom is -0.465 e. The van der Waals surface area contributed by atoms with E-state index in [2.05, 4.69) is 10.3 Å². The molecule has 0 radical (unpaired) electrons. The zero-order valence-electron chi connectivity index (χ0n) is 18.1. The number of pyridine rings is 1. The highest BCUT2D eigenvalue weighted by Gasteiger charge is 2.20. The molecule has 1 heterocycles. The number of carbonyl (C=O) groups excluding carboxylic acids is 3. The second-order valence-electron chi connectivity index (χ2n) is 6.80. The lowest BCUT2D eigenvalue weighted by atomic mass is 10.0. The van der Waals surface area contributed by atoms with Gasteiger partial charge in [0, 0.05) is 17.3 Å². The Morgan fingerprint density at radius 3 is 2.31 bits per heavy atom. The summed E-state index contributed by atoms with van der Waals surface area (Å²) in [6.45, 7) is 4.19. The summed E-state index contributed by atoms with van der Waals surface area (Å²) in [6.07, 6.45) is 2.11. The van der Waals surface area contributed by atoms with E-state index in [-0.39, 0.29) is 17.7 Å². The molecule has 166 valence electrons. The van der Waals surface area contributed by atoms with Crippen LogP contribution in [0.25, 0.3) is 10.9 Å². The zero-order valence-corrected chi connectivity index (χ0v) is 18.1. The third-order valence-electron chi connectivity index (χ3n) is 4.63. The first-order valence-corrected chi connectivity index (χ1v) is 10.2. The van der Waals surface area contributed by atoms with E-state index in [9.17, 15) is 14.4 Å². The van der Waals surface area contributed by atoms with Crippen LogP contribution in [-0.4, -0.2) is 43.2 Å². The molecule has 0 aliphatic heterocycles. The molecule has 0 aliphatic carbocycles. The van der Waals surface area contributed by atoms with Crippen molar-refractivity contribution in [2.75, 3.05) is 25.6 Å². The monoisotopic (exact) mass is 436 g/mol. The van der Waals surface area contributed by atoms with Crippen LogP contribution in [0.5, 0.6) is 0 Å². The lowest BCUT2D eigenvalue weighted by Crippen LogP contribution is -2.11. The molecular weight excluding hydrogens is 412 g/mol. The molecular formula is C24H24N2O6. The Hall–Kier alpha value is -3.94. The zero-order chi connectivity index (χ0) is 23.1. The molecule has 8 heteroatoms. The average Bonchev–Trinajstić information content (AvgIpc) is 2.82. The predicted molar refractivity (Wildman–Crippen MR) is 119 cm³/mol. The van der Waals surface area contributed by atoms with Gasteiger partial charge in [-0.1, -0.05) is 19.1 Å². The number of hydrogen-bond acceptors (Lipinski definition) is 8. The second kappa shape index (κ2) is 10.4. The summed E-state index contributed by atoms with van der Waals surface area (Å²) in [5.41, 5.74) is 2.35. The Kier molecular flexibility index (Phi) is 7.38.